The zero-order valence-electron chi connectivity index (χ0n) is 13.6. The highest BCUT2D eigenvalue weighted by Gasteiger charge is 2.33. The van der Waals surface area contributed by atoms with Crippen molar-refractivity contribution in [2.75, 3.05) is 13.2 Å². The number of para-hydroxylation sites is 1. The smallest absolute Gasteiger partial charge is 0.338 e. The van der Waals surface area contributed by atoms with E-state index in [0.717, 1.165) is 12.0 Å². The molecule has 6 heteroatoms. The summed E-state index contributed by atoms with van der Waals surface area (Å²) in [5, 5.41) is 5.40. The number of urea groups is 1. The van der Waals surface area contributed by atoms with Gasteiger partial charge in [-0.05, 0) is 26.3 Å². The number of ether oxygens (including phenoxy) is 2. The molecule has 1 aromatic carbocycles. The van der Waals surface area contributed by atoms with Crippen molar-refractivity contribution < 1.29 is 19.1 Å². The Balaban J connectivity index is 2.44. The van der Waals surface area contributed by atoms with Crippen molar-refractivity contribution in [3.63, 3.8) is 0 Å². The largest absolute Gasteiger partial charge is 0.493 e. The summed E-state index contributed by atoms with van der Waals surface area (Å²) in [6, 6.07) is 6.42. The fraction of sp³-hybridized carbons (Fsp3) is 0.412. The summed E-state index contributed by atoms with van der Waals surface area (Å²) in [4.78, 5) is 24.2. The molecule has 0 unspecified atom stereocenters. The van der Waals surface area contributed by atoms with Gasteiger partial charge >= 0.3 is 12.0 Å². The van der Waals surface area contributed by atoms with Gasteiger partial charge in [-0.2, -0.15) is 0 Å². The number of nitrogens with one attached hydrogen (secondary N) is 2. The second-order valence-electron chi connectivity index (χ2n) is 5.18. The lowest BCUT2D eigenvalue weighted by atomic mass is 9.95. The highest BCUT2D eigenvalue weighted by molar-refractivity contribution is 5.95. The Hall–Kier alpha value is -2.50. The molecule has 1 aliphatic rings. The van der Waals surface area contributed by atoms with Crippen LogP contribution in [0.25, 0.3) is 0 Å². The molecule has 0 aliphatic carbocycles. The number of rotatable bonds is 6. The third-order valence-electron chi connectivity index (χ3n) is 3.46. The average Bonchev–Trinajstić information content (AvgIpc) is 2.52. The summed E-state index contributed by atoms with van der Waals surface area (Å²) >= 11 is 0. The summed E-state index contributed by atoms with van der Waals surface area (Å²) in [7, 11) is 0. The number of allylic oxidation sites excluding steroid dienone is 1. The normalized spacial score (nSPS) is 17.3. The molecular weight excluding hydrogens is 296 g/mol. The molecule has 1 aliphatic heterocycles. The van der Waals surface area contributed by atoms with E-state index in [1.54, 1.807) is 13.8 Å². The van der Waals surface area contributed by atoms with Crippen molar-refractivity contribution >= 4 is 12.0 Å². The molecule has 1 atom stereocenters. The fourth-order valence-electron chi connectivity index (χ4n) is 2.47. The van der Waals surface area contributed by atoms with Crippen molar-refractivity contribution in [1.82, 2.24) is 10.6 Å². The van der Waals surface area contributed by atoms with Gasteiger partial charge in [0.2, 0.25) is 0 Å². The molecule has 0 saturated heterocycles. The summed E-state index contributed by atoms with van der Waals surface area (Å²) < 4.78 is 10.9. The molecule has 1 aromatic rings. The van der Waals surface area contributed by atoms with Gasteiger partial charge in [-0.15, -0.1) is 0 Å². The Morgan fingerprint density at radius 3 is 2.70 bits per heavy atom. The van der Waals surface area contributed by atoms with E-state index < -0.39 is 12.0 Å². The van der Waals surface area contributed by atoms with Crippen molar-refractivity contribution in [3.8, 4) is 5.75 Å². The lowest BCUT2D eigenvalue weighted by Crippen LogP contribution is -2.45. The Kier molecular flexibility index (Phi) is 5.62. The first-order valence-electron chi connectivity index (χ1n) is 7.75. The predicted molar refractivity (Wildman–Crippen MR) is 86.0 cm³/mol. The van der Waals surface area contributed by atoms with Crippen LogP contribution in [-0.2, 0) is 9.53 Å². The second kappa shape index (κ2) is 7.67. The number of amides is 2. The first-order chi connectivity index (χ1) is 11.1. The molecule has 0 radical (unpaired) electrons. The molecule has 0 aromatic heterocycles. The Morgan fingerprint density at radius 1 is 1.26 bits per heavy atom. The van der Waals surface area contributed by atoms with Crippen molar-refractivity contribution in [3.05, 3.63) is 41.1 Å². The minimum atomic E-state index is -0.601. The van der Waals surface area contributed by atoms with Gasteiger partial charge in [0, 0.05) is 11.3 Å². The third-order valence-corrected chi connectivity index (χ3v) is 3.46. The first-order valence-corrected chi connectivity index (χ1v) is 7.75. The standard InChI is InChI=1S/C17H22N2O4/c1-4-10-23-13-9-7-6-8-12(13)15-14(16(20)22-5-2)11(3)18-17(21)19-15/h6-9,15H,4-5,10H2,1-3H3,(H2,18,19,21)/t15-/m0/s1. The molecule has 0 spiro atoms. The van der Waals surface area contributed by atoms with Crippen LogP contribution in [0.3, 0.4) is 0 Å². The highest BCUT2D eigenvalue weighted by atomic mass is 16.5. The van der Waals surface area contributed by atoms with E-state index in [0.29, 0.717) is 23.6 Å². The van der Waals surface area contributed by atoms with Gasteiger partial charge in [0.25, 0.3) is 0 Å². The van der Waals surface area contributed by atoms with Crippen LogP contribution in [0.15, 0.2) is 35.5 Å². The lowest BCUT2D eigenvalue weighted by molar-refractivity contribution is -0.139. The molecule has 1 heterocycles. The molecular formula is C17H22N2O4. The summed E-state index contributed by atoms with van der Waals surface area (Å²) in [6.45, 7) is 6.28. The van der Waals surface area contributed by atoms with E-state index >= 15 is 0 Å². The topological polar surface area (TPSA) is 76.7 Å². The van der Waals surface area contributed by atoms with Crippen LogP contribution in [0.1, 0.15) is 38.8 Å². The van der Waals surface area contributed by atoms with E-state index in [2.05, 4.69) is 10.6 Å². The zero-order valence-corrected chi connectivity index (χ0v) is 13.6. The monoisotopic (exact) mass is 318 g/mol. The molecule has 2 amide bonds. The predicted octanol–water partition coefficient (Wildman–Crippen LogP) is 2.67. The van der Waals surface area contributed by atoms with Crippen LogP contribution < -0.4 is 15.4 Å². The summed E-state index contributed by atoms with van der Waals surface area (Å²) in [6.07, 6.45) is 0.868. The SMILES string of the molecule is CCCOc1ccccc1[C@@H]1NC(=O)NC(C)=C1C(=O)OCC. The lowest BCUT2D eigenvalue weighted by Gasteiger charge is -2.29. The number of hydrogen-bond acceptors (Lipinski definition) is 4. The molecule has 2 N–H and O–H groups in total. The summed E-state index contributed by atoms with van der Waals surface area (Å²) in [5.74, 6) is 0.198. The van der Waals surface area contributed by atoms with E-state index in [4.69, 9.17) is 9.47 Å². The maximum Gasteiger partial charge on any atom is 0.338 e. The van der Waals surface area contributed by atoms with Crippen molar-refractivity contribution in [2.45, 2.75) is 33.2 Å². The fourth-order valence-corrected chi connectivity index (χ4v) is 2.47. The number of hydrogen-bond donors (Lipinski definition) is 2. The van der Waals surface area contributed by atoms with Crippen LogP contribution in [-0.4, -0.2) is 25.2 Å². The first kappa shape index (κ1) is 16.9. The Bertz CT molecular complexity index is 625. The number of benzene rings is 1. The van der Waals surface area contributed by atoms with Crippen LogP contribution >= 0.6 is 0 Å². The summed E-state index contributed by atoms with van der Waals surface area (Å²) in [5.41, 5.74) is 1.61. The molecule has 2 rings (SSSR count). The Morgan fingerprint density at radius 2 is 2.00 bits per heavy atom. The van der Waals surface area contributed by atoms with Gasteiger partial charge in [0.15, 0.2) is 0 Å². The minimum Gasteiger partial charge on any atom is -0.493 e. The maximum atomic E-state index is 12.3. The molecule has 0 bridgehead atoms. The highest BCUT2D eigenvalue weighted by Crippen LogP contribution is 2.33. The van der Waals surface area contributed by atoms with E-state index in [-0.39, 0.29) is 12.6 Å². The third kappa shape index (κ3) is 3.83. The van der Waals surface area contributed by atoms with Gasteiger partial charge in [0.1, 0.15) is 5.75 Å². The van der Waals surface area contributed by atoms with E-state index in [1.807, 2.05) is 31.2 Å². The second-order valence-corrected chi connectivity index (χ2v) is 5.18. The molecule has 0 fully saturated rings. The van der Waals surface area contributed by atoms with Gasteiger partial charge < -0.3 is 20.1 Å². The van der Waals surface area contributed by atoms with Crippen molar-refractivity contribution in [1.29, 1.82) is 0 Å². The molecule has 124 valence electrons. The molecule has 23 heavy (non-hydrogen) atoms. The quantitative estimate of drug-likeness (QED) is 0.791. The molecule has 6 nitrogen and oxygen atoms in total. The van der Waals surface area contributed by atoms with Gasteiger partial charge in [-0.3, -0.25) is 0 Å². The van der Waals surface area contributed by atoms with E-state index in [1.165, 1.54) is 0 Å². The van der Waals surface area contributed by atoms with Gasteiger partial charge in [-0.25, -0.2) is 9.59 Å². The maximum absolute atomic E-state index is 12.3. The molecule has 0 saturated carbocycles. The van der Waals surface area contributed by atoms with Crippen LogP contribution in [0.5, 0.6) is 5.75 Å². The number of carbonyl (C=O) groups is 2. The Labute approximate surface area is 135 Å². The van der Waals surface area contributed by atoms with Gasteiger partial charge in [0.05, 0.1) is 24.8 Å². The number of carbonyl (C=O) groups excluding carboxylic acids is 2. The minimum absolute atomic E-state index is 0.268. The van der Waals surface area contributed by atoms with Gasteiger partial charge in [-0.1, -0.05) is 25.1 Å². The average molecular weight is 318 g/mol. The number of esters is 1. The van der Waals surface area contributed by atoms with Crippen LogP contribution in [0.4, 0.5) is 4.79 Å². The van der Waals surface area contributed by atoms with E-state index in [9.17, 15) is 9.59 Å². The van der Waals surface area contributed by atoms with Crippen LogP contribution in [0.2, 0.25) is 0 Å². The zero-order chi connectivity index (χ0) is 16.8. The van der Waals surface area contributed by atoms with Crippen molar-refractivity contribution in [2.24, 2.45) is 0 Å². The van der Waals surface area contributed by atoms with Crippen LogP contribution in [0, 0.1) is 0 Å².